The number of hydrogen-bond donors (Lipinski definition) is 1. The smallest absolute Gasteiger partial charge is 0.121 e. The van der Waals surface area contributed by atoms with Gasteiger partial charge >= 0.3 is 0 Å². The van der Waals surface area contributed by atoms with Gasteiger partial charge in [-0.3, -0.25) is 0 Å². The molecule has 2 aromatic carbocycles. The molecule has 94 valence electrons. The van der Waals surface area contributed by atoms with Gasteiger partial charge in [0.1, 0.15) is 23.3 Å². The van der Waals surface area contributed by atoms with Gasteiger partial charge in [-0.25, -0.2) is 0 Å². The molecule has 0 spiro atoms. The molecular weight excluding hydrogens is 238 g/mol. The Morgan fingerprint density at radius 1 is 1.05 bits per heavy atom. The molecule has 0 saturated carbocycles. The van der Waals surface area contributed by atoms with Crippen LogP contribution in [-0.2, 0) is 6.54 Å². The van der Waals surface area contributed by atoms with Crippen LogP contribution in [-0.4, -0.2) is 20.1 Å². The SMILES string of the molecule is C=C(O)Cn1nc2cccc(-c3ccccc3)c2n1. The highest BCUT2D eigenvalue weighted by atomic mass is 16.3. The Morgan fingerprint density at radius 3 is 2.58 bits per heavy atom. The minimum atomic E-state index is 0.0431. The van der Waals surface area contributed by atoms with Gasteiger partial charge in [0.25, 0.3) is 0 Å². The lowest BCUT2D eigenvalue weighted by Gasteiger charge is -2.00. The van der Waals surface area contributed by atoms with Gasteiger partial charge < -0.3 is 5.11 Å². The number of aromatic nitrogens is 3. The quantitative estimate of drug-likeness (QED) is 0.727. The third-order valence-electron chi connectivity index (χ3n) is 2.86. The number of benzene rings is 2. The summed E-state index contributed by atoms with van der Waals surface area (Å²) in [7, 11) is 0. The van der Waals surface area contributed by atoms with Gasteiger partial charge in [0.15, 0.2) is 0 Å². The van der Waals surface area contributed by atoms with E-state index in [-0.39, 0.29) is 12.3 Å². The summed E-state index contributed by atoms with van der Waals surface area (Å²) < 4.78 is 0. The summed E-state index contributed by atoms with van der Waals surface area (Å²) in [5, 5.41) is 18.0. The molecule has 3 aromatic rings. The van der Waals surface area contributed by atoms with Crippen molar-refractivity contribution < 1.29 is 5.11 Å². The van der Waals surface area contributed by atoms with Crippen LogP contribution < -0.4 is 0 Å². The molecule has 3 rings (SSSR count). The second-order valence-corrected chi connectivity index (χ2v) is 4.34. The third-order valence-corrected chi connectivity index (χ3v) is 2.86. The lowest BCUT2D eigenvalue weighted by molar-refractivity contribution is 0.360. The van der Waals surface area contributed by atoms with E-state index in [2.05, 4.69) is 16.8 Å². The molecule has 0 aliphatic rings. The van der Waals surface area contributed by atoms with E-state index in [9.17, 15) is 5.11 Å². The van der Waals surface area contributed by atoms with Crippen LogP contribution in [0, 0.1) is 0 Å². The molecule has 4 heteroatoms. The van der Waals surface area contributed by atoms with E-state index in [4.69, 9.17) is 0 Å². The van der Waals surface area contributed by atoms with E-state index >= 15 is 0 Å². The maximum absolute atomic E-state index is 9.22. The Morgan fingerprint density at radius 2 is 1.84 bits per heavy atom. The summed E-state index contributed by atoms with van der Waals surface area (Å²) in [5.41, 5.74) is 3.77. The standard InChI is InChI=1S/C15H13N3O/c1-11(19)10-18-16-14-9-5-8-13(15(14)17-18)12-6-3-2-4-7-12/h2-9,19H,1,10H2. The van der Waals surface area contributed by atoms with E-state index in [0.29, 0.717) is 0 Å². The maximum Gasteiger partial charge on any atom is 0.121 e. The molecule has 0 aliphatic carbocycles. The lowest BCUT2D eigenvalue weighted by Crippen LogP contribution is -2.03. The van der Waals surface area contributed by atoms with Crippen LogP contribution in [0.2, 0.25) is 0 Å². The summed E-state index contributed by atoms with van der Waals surface area (Å²) >= 11 is 0. The number of fused-ring (bicyclic) bond motifs is 1. The van der Waals surface area contributed by atoms with Crippen molar-refractivity contribution in [2.45, 2.75) is 6.54 Å². The number of nitrogens with zero attached hydrogens (tertiary/aromatic N) is 3. The van der Waals surface area contributed by atoms with E-state index in [1.54, 1.807) is 0 Å². The molecule has 0 fully saturated rings. The highest BCUT2D eigenvalue weighted by Gasteiger charge is 2.09. The fourth-order valence-electron chi connectivity index (χ4n) is 2.06. The number of rotatable bonds is 3. The first kappa shape index (κ1) is 11.5. The first-order valence-corrected chi connectivity index (χ1v) is 6.00. The van der Waals surface area contributed by atoms with Crippen molar-refractivity contribution in [3.63, 3.8) is 0 Å². The molecule has 0 aliphatic heterocycles. The minimum absolute atomic E-state index is 0.0431. The molecule has 4 nitrogen and oxygen atoms in total. The topological polar surface area (TPSA) is 50.9 Å². The van der Waals surface area contributed by atoms with Crippen molar-refractivity contribution in [2.24, 2.45) is 0 Å². The van der Waals surface area contributed by atoms with Crippen LogP contribution in [0.1, 0.15) is 0 Å². The van der Waals surface area contributed by atoms with Crippen LogP contribution in [0.3, 0.4) is 0 Å². The Balaban J connectivity index is 2.15. The molecule has 19 heavy (non-hydrogen) atoms. The average molecular weight is 251 g/mol. The molecule has 0 amide bonds. The van der Waals surface area contributed by atoms with E-state index < -0.39 is 0 Å². The number of hydrogen-bond acceptors (Lipinski definition) is 3. The van der Waals surface area contributed by atoms with Crippen molar-refractivity contribution in [1.29, 1.82) is 0 Å². The Labute approximate surface area is 110 Å². The van der Waals surface area contributed by atoms with Gasteiger partial charge in [0, 0.05) is 5.56 Å². The molecule has 1 heterocycles. The summed E-state index contributed by atoms with van der Waals surface area (Å²) in [5.74, 6) is 0.0431. The predicted octanol–water partition coefficient (Wildman–Crippen LogP) is 3.17. The van der Waals surface area contributed by atoms with Crippen LogP contribution in [0.5, 0.6) is 0 Å². The molecule has 0 bridgehead atoms. The maximum atomic E-state index is 9.22. The predicted molar refractivity (Wildman–Crippen MR) is 74.7 cm³/mol. The second kappa shape index (κ2) is 4.57. The molecule has 0 saturated heterocycles. The lowest BCUT2D eigenvalue weighted by atomic mass is 10.0. The summed E-state index contributed by atoms with van der Waals surface area (Å²) in [6.45, 7) is 3.67. The van der Waals surface area contributed by atoms with Crippen LogP contribution in [0.4, 0.5) is 0 Å². The third kappa shape index (κ3) is 2.20. The van der Waals surface area contributed by atoms with Crippen molar-refractivity contribution in [2.75, 3.05) is 0 Å². The van der Waals surface area contributed by atoms with E-state index in [1.165, 1.54) is 4.80 Å². The normalized spacial score (nSPS) is 10.7. The average Bonchev–Trinajstić information content (AvgIpc) is 2.80. The zero-order chi connectivity index (χ0) is 13.2. The summed E-state index contributed by atoms with van der Waals surface area (Å²) in [6.07, 6.45) is 0. The highest BCUT2D eigenvalue weighted by molar-refractivity contribution is 5.91. The van der Waals surface area contributed by atoms with Crippen LogP contribution in [0.15, 0.2) is 60.9 Å². The fraction of sp³-hybridized carbons (Fsp3) is 0.0667. The molecule has 1 N–H and O–H groups in total. The van der Waals surface area contributed by atoms with Gasteiger partial charge in [0.05, 0.1) is 0 Å². The van der Waals surface area contributed by atoms with Gasteiger partial charge in [-0.1, -0.05) is 49.0 Å². The van der Waals surface area contributed by atoms with Gasteiger partial charge in [0.2, 0.25) is 0 Å². The van der Waals surface area contributed by atoms with Crippen LogP contribution >= 0.6 is 0 Å². The first-order chi connectivity index (χ1) is 9.24. The Hall–Kier alpha value is -2.62. The van der Waals surface area contributed by atoms with Crippen LogP contribution in [0.25, 0.3) is 22.2 Å². The van der Waals surface area contributed by atoms with Gasteiger partial charge in [-0.2, -0.15) is 15.0 Å². The summed E-state index contributed by atoms with van der Waals surface area (Å²) in [4.78, 5) is 1.46. The fourth-order valence-corrected chi connectivity index (χ4v) is 2.06. The Kier molecular flexibility index (Phi) is 2.76. The molecule has 0 atom stereocenters. The van der Waals surface area contributed by atoms with Crippen molar-refractivity contribution in [1.82, 2.24) is 15.0 Å². The van der Waals surface area contributed by atoms with E-state index in [1.807, 2.05) is 48.5 Å². The Bertz CT molecular complexity index is 731. The van der Waals surface area contributed by atoms with Crippen molar-refractivity contribution in [3.05, 3.63) is 60.9 Å². The monoisotopic (exact) mass is 251 g/mol. The largest absolute Gasteiger partial charge is 0.511 e. The molecular formula is C15H13N3O. The summed E-state index contributed by atoms with van der Waals surface area (Å²) in [6, 6.07) is 15.9. The minimum Gasteiger partial charge on any atom is -0.511 e. The second-order valence-electron chi connectivity index (χ2n) is 4.34. The first-order valence-electron chi connectivity index (χ1n) is 6.00. The highest BCUT2D eigenvalue weighted by Crippen LogP contribution is 2.25. The number of aliphatic hydroxyl groups excluding tert-OH is 1. The van der Waals surface area contributed by atoms with Crippen molar-refractivity contribution in [3.8, 4) is 11.1 Å². The molecule has 1 aromatic heterocycles. The molecule has 0 unspecified atom stereocenters. The van der Waals surface area contributed by atoms with Gasteiger partial charge in [-0.05, 0) is 11.6 Å². The molecule has 0 radical (unpaired) electrons. The zero-order valence-electron chi connectivity index (χ0n) is 10.3. The van der Waals surface area contributed by atoms with Gasteiger partial charge in [-0.15, -0.1) is 0 Å². The van der Waals surface area contributed by atoms with Crippen molar-refractivity contribution >= 4 is 11.0 Å². The number of allylic oxidation sites excluding steroid dienone is 1. The number of aliphatic hydroxyl groups is 1. The van der Waals surface area contributed by atoms with E-state index in [0.717, 1.165) is 22.2 Å². The zero-order valence-corrected chi connectivity index (χ0v) is 10.3.